The Morgan fingerprint density at radius 3 is 2.75 bits per heavy atom. The minimum Gasteiger partial charge on any atom is -0.295 e. The van der Waals surface area contributed by atoms with Crippen LogP contribution in [-0.4, -0.2) is 22.9 Å². The van der Waals surface area contributed by atoms with E-state index < -0.39 is 0 Å². The second-order valence-corrected chi connectivity index (χ2v) is 4.90. The number of nitrogens with zero attached hydrogens (tertiary/aromatic N) is 2. The highest BCUT2D eigenvalue weighted by Gasteiger charge is 2.11. The summed E-state index contributed by atoms with van der Waals surface area (Å²) in [5.41, 5.74) is 1.10. The Morgan fingerprint density at radius 1 is 1.62 bits per heavy atom. The van der Waals surface area contributed by atoms with E-state index >= 15 is 0 Å². The third-order valence-corrected chi connectivity index (χ3v) is 3.17. The molecule has 0 aromatic carbocycles. The van der Waals surface area contributed by atoms with Gasteiger partial charge < -0.3 is 0 Å². The van der Waals surface area contributed by atoms with E-state index in [1.54, 1.807) is 6.07 Å². The molecule has 0 aliphatic heterocycles. The fraction of sp³-hybridized carbons (Fsp3) is 0.455. The Balaban J connectivity index is 2.63. The number of rotatable bonds is 6. The third kappa shape index (κ3) is 3.75. The summed E-state index contributed by atoms with van der Waals surface area (Å²) < 4.78 is 0. The molecule has 0 saturated heterocycles. The van der Waals surface area contributed by atoms with Crippen LogP contribution in [0.25, 0.3) is 0 Å². The lowest BCUT2D eigenvalue weighted by molar-refractivity contribution is -0.380. The molecule has 0 aliphatic carbocycles. The van der Waals surface area contributed by atoms with E-state index in [0.29, 0.717) is 0 Å². The van der Waals surface area contributed by atoms with E-state index in [4.69, 9.17) is 0 Å². The Morgan fingerprint density at radius 2 is 2.31 bits per heavy atom. The van der Waals surface area contributed by atoms with Gasteiger partial charge in [0, 0.05) is 24.0 Å². The molecule has 0 radical (unpaired) electrons. The van der Waals surface area contributed by atoms with Gasteiger partial charge in [-0.25, -0.2) is 0 Å². The Bertz CT molecular complexity index is 387. The summed E-state index contributed by atoms with van der Waals surface area (Å²) in [7, 11) is 0. The Kier molecular flexibility index (Phi) is 4.64. The molecular formula is C11H16N2O2S. The van der Waals surface area contributed by atoms with Crippen molar-refractivity contribution in [1.82, 2.24) is 4.90 Å². The number of nitro groups is 1. The van der Waals surface area contributed by atoms with Crippen LogP contribution in [0.15, 0.2) is 24.3 Å². The highest BCUT2D eigenvalue weighted by molar-refractivity contribution is 7.15. The first-order valence-corrected chi connectivity index (χ1v) is 5.94. The summed E-state index contributed by atoms with van der Waals surface area (Å²) >= 11 is 1.24. The van der Waals surface area contributed by atoms with Gasteiger partial charge in [0.05, 0.1) is 4.92 Å². The van der Waals surface area contributed by atoms with Crippen LogP contribution >= 0.6 is 11.3 Å². The largest absolute Gasteiger partial charge is 0.324 e. The van der Waals surface area contributed by atoms with E-state index in [-0.39, 0.29) is 9.92 Å². The molecule has 4 nitrogen and oxygen atoms in total. The van der Waals surface area contributed by atoms with Crippen molar-refractivity contribution in [2.45, 2.75) is 20.4 Å². The molecule has 88 valence electrons. The lowest BCUT2D eigenvalue weighted by atomic mass is 10.3. The van der Waals surface area contributed by atoms with Gasteiger partial charge in [0.1, 0.15) is 0 Å². The summed E-state index contributed by atoms with van der Waals surface area (Å²) in [4.78, 5) is 13.4. The van der Waals surface area contributed by atoms with E-state index in [0.717, 1.165) is 30.1 Å². The van der Waals surface area contributed by atoms with Crippen molar-refractivity contribution in [3.63, 3.8) is 0 Å². The molecule has 1 aromatic heterocycles. The maximum absolute atomic E-state index is 10.5. The molecule has 0 aliphatic rings. The zero-order chi connectivity index (χ0) is 12.1. The summed E-state index contributed by atoms with van der Waals surface area (Å²) in [6.45, 7) is 10.4. The molecule has 0 fully saturated rings. The second kappa shape index (κ2) is 5.77. The average molecular weight is 240 g/mol. The summed E-state index contributed by atoms with van der Waals surface area (Å²) in [6.07, 6.45) is 0. The van der Waals surface area contributed by atoms with Gasteiger partial charge in [-0.1, -0.05) is 30.4 Å². The number of thiophene rings is 1. The average Bonchev–Trinajstić information content (AvgIpc) is 2.64. The monoisotopic (exact) mass is 240 g/mol. The summed E-state index contributed by atoms with van der Waals surface area (Å²) in [6, 6.07) is 3.39. The molecule has 0 spiro atoms. The number of hydrogen-bond donors (Lipinski definition) is 0. The molecule has 0 atom stereocenters. The molecule has 0 N–H and O–H groups in total. The first-order chi connectivity index (χ1) is 7.52. The quantitative estimate of drug-likeness (QED) is 0.436. The third-order valence-electron chi connectivity index (χ3n) is 2.15. The molecule has 0 bridgehead atoms. The van der Waals surface area contributed by atoms with E-state index in [1.807, 2.05) is 13.0 Å². The van der Waals surface area contributed by atoms with E-state index in [2.05, 4.69) is 18.4 Å². The number of likely N-dealkylation sites (N-methyl/N-ethyl adjacent to an activating group) is 1. The fourth-order valence-corrected chi connectivity index (χ4v) is 2.29. The van der Waals surface area contributed by atoms with Crippen molar-refractivity contribution in [2.75, 3.05) is 13.1 Å². The van der Waals surface area contributed by atoms with Gasteiger partial charge in [0.25, 0.3) is 0 Å². The zero-order valence-electron chi connectivity index (χ0n) is 9.60. The first kappa shape index (κ1) is 12.9. The zero-order valence-corrected chi connectivity index (χ0v) is 10.4. The van der Waals surface area contributed by atoms with Crippen LogP contribution in [0.4, 0.5) is 5.00 Å². The van der Waals surface area contributed by atoms with Gasteiger partial charge in [-0.05, 0) is 19.5 Å². The molecule has 1 rings (SSSR count). The maximum atomic E-state index is 10.5. The van der Waals surface area contributed by atoms with Gasteiger partial charge in [0.2, 0.25) is 0 Å². The van der Waals surface area contributed by atoms with Gasteiger partial charge in [-0.3, -0.25) is 15.0 Å². The van der Waals surface area contributed by atoms with Crippen LogP contribution in [0.2, 0.25) is 0 Å². The predicted octanol–water partition coefficient (Wildman–Crippen LogP) is 3.05. The molecule has 1 heterocycles. The smallest absolute Gasteiger partial charge is 0.295 e. The molecule has 0 unspecified atom stereocenters. The molecule has 16 heavy (non-hydrogen) atoms. The summed E-state index contributed by atoms with van der Waals surface area (Å²) in [5, 5.41) is 10.7. The second-order valence-electron chi connectivity index (χ2n) is 3.76. The van der Waals surface area contributed by atoms with Crippen LogP contribution in [0, 0.1) is 10.1 Å². The normalized spacial score (nSPS) is 10.7. The highest BCUT2D eigenvalue weighted by Crippen LogP contribution is 2.25. The SMILES string of the molecule is C=C(C)CN(CC)Cc1ccc([N+](=O)[O-])s1. The predicted molar refractivity (Wildman–Crippen MR) is 66.7 cm³/mol. The van der Waals surface area contributed by atoms with Gasteiger partial charge >= 0.3 is 5.00 Å². The standard InChI is InChI=1S/C11H16N2O2S/c1-4-12(7-9(2)3)8-10-5-6-11(16-10)13(14)15/h5-6H,2,4,7-8H2,1,3H3. The van der Waals surface area contributed by atoms with Crippen LogP contribution in [0.1, 0.15) is 18.7 Å². The lowest BCUT2D eigenvalue weighted by Gasteiger charge is -2.19. The molecule has 0 amide bonds. The lowest BCUT2D eigenvalue weighted by Crippen LogP contribution is -2.23. The fourth-order valence-electron chi connectivity index (χ4n) is 1.43. The number of hydrogen-bond acceptors (Lipinski definition) is 4. The van der Waals surface area contributed by atoms with Crippen LogP contribution in [-0.2, 0) is 6.54 Å². The van der Waals surface area contributed by atoms with E-state index in [9.17, 15) is 10.1 Å². The van der Waals surface area contributed by atoms with Crippen LogP contribution in [0.5, 0.6) is 0 Å². The molecule has 1 aromatic rings. The molecular weight excluding hydrogens is 224 g/mol. The van der Waals surface area contributed by atoms with Crippen molar-refractivity contribution in [3.05, 3.63) is 39.3 Å². The van der Waals surface area contributed by atoms with Crippen molar-refractivity contribution >= 4 is 16.3 Å². The van der Waals surface area contributed by atoms with Gasteiger partial charge in [0.15, 0.2) is 0 Å². The van der Waals surface area contributed by atoms with Gasteiger partial charge in [-0.15, -0.1) is 0 Å². The van der Waals surface area contributed by atoms with Crippen LogP contribution < -0.4 is 0 Å². The highest BCUT2D eigenvalue weighted by atomic mass is 32.1. The Hall–Kier alpha value is -1.20. The molecule has 0 saturated carbocycles. The minimum absolute atomic E-state index is 0.210. The minimum atomic E-state index is -0.344. The Labute approximate surface area is 99.3 Å². The summed E-state index contributed by atoms with van der Waals surface area (Å²) in [5.74, 6) is 0. The van der Waals surface area contributed by atoms with Crippen LogP contribution in [0.3, 0.4) is 0 Å². The van der Waals surface area contributed by atoms with Crippen molar-refractivity contribution < 1.29 is 4.92 Å². The van der Waals surface area contributed by atoms with Gasteiger partial charge in [-0.2, -0.15) is 0 Å². The van der Waals surface area contributed by atoms with E-state index in [1.165, 1.54) is 11.3 Å². The topological polar surface area (TPSA) is 46.4 Å². The first-order valence-electron chi connectivity index (χ1n) is 5.12. The van der Waals surface area contributed by atoms with Crippen molar-refractivity contribution in [3.8, 4) is 0 Å². The van der Waals surface area contributed by atoms with Crippen molar-refractivity contribution in [2.24, 2.45) is 0 Å². The molecule has 5 heteroatoms. The maximum Gasteiger partial charge on any atom is 0.324 e. The van der Waals surface area contributed by atoms with Crippen molar-refractivity contribution in [1.29, 1.82) is 0 Å².